The third-order valence-electron chi connectivity index (χ3n) is 11.8. The Balaban J connectivity index is 0.00000133. The molecule has 0 aliphatic carbocycles. The van der Waals surface area contributed by atoms with E-state index < -0.39 is 0 Å². The van der Waals surface area contributed by atoms with Crippen molar-refractivity contribution in [3.8, 4) is 39.9 Å². The summed E-state index contributed by atoms with van der Waals surface area (Å²) in [5.74, 6) is 1.72. The van der Waals surface area contributed by atoms with Crippen LogP contribution in [0.3, 0.4) is 0 Å². The fourth-order valence-corrected chi connectivity index (χ4v) is 10.3. The zero-order valence-corrected chi connectivity index (χ0v) is 34.9. The van der Waals surface area contributed by atoms with E-state index in [0.717, 1.165) is 76.8 Å². The summed E-state index contributed by atoms with van der Waals surface area (Å²) >= 11 is 1.85. The normalized spacial score (nSPS) is 11.8. The number of nitrogens with zero attached hydrogens (tertiary/aromatic N) is 4. The van der Waals surface area contributed by atoms with Gasteiger partial charge in [0.05, 0.1) is 11.0 Å². The first-order valence-electron chi connectivity index (χ1n) is 21.2. The molecular formula is C56H38N4OS. The van der Waals surface area contributed by atoms with E-state index in [1.165, 1.54) is 37.4 Å². The molecule has 0 unspecified atom stereocenters. The maximum atomic E-state index is 6.36. The van der Waals surface area contributed by atoms with Gasteiger partial charge in [0.2, 0.25) is 5.95 Å². The Morgan fingerprint density at radius 3 is 1.94 bits per heavy atom. The topological polar surface area (TPSA) is 56.7 Å². The molecule has 5 nitrogen and oxygen atoms in total. The zero-order chi connectivity index (χ0) is 41.3. The predicted molar refractivity (Wildman–Crippen MR) is 262 cm³/mol. The van der Waals surface area contributed by atoms with Gasteiger partial charge in [-0.15, -0.1) is 11.3 Å². The highest BCUT2D eigenvalue weighted by Crippen LogP contribution is 2.43. The Bertz CT molecular complexity index is 3890. The molecule has 6 heteroatoms. The number of rotatable bonds is 4. The van der Waals surface area contributed by atoms with Crippen molar-refractivity contribution >= 4 is 96.8 Å². The number of hydrogen-bond donors (Lipinski definition) is 0. The van der Waals surface area contributed by atoms with Crippen LogP contribution in [0.1, 0.15) is 20.3 Å². The largest absolute Gasteiger partial charge is 0.456 e. The second kappa shape index (κ2) is 14.5. The van der Waals surface area contributed by atoms with Gasteiger partial charge >= 0.3 is 0 Å². The minimum Gasteiger partial charge on any atom is -0.456 e. The molecule has 0 spiro atoms. The van der Waals surface area contributed by atoms with Crippen LogP contribution in [-0.2, 0) is 0 Å². The van der Waals surface area contributed by atoms with E-state index >= 15 is 0 Å². The van der Waals surface area contributed by atoms with Gasteiger partial charge in [-0.3, -0.25) is 4.57 Å². The fraction of sp³-hybridized carbons (Fsp3) is 0.0536. The average Bonchev–Trinajstić information content (AvgIpc) is 4.01. The first-order valence-corrected chi connectivity index (χ1v) is 22.0. The van der Waals surface area contributed by atoms with Crippen LogP contribution in [0.2, 0.25) is 0 Å². The van der Waals surface area contributed by atoms with Crippen molar-refractivity contribution in [3.05, 3.63) is 182 Å². The van der Waals surface area contributed by atoms with Gasteiger partial charge in [-0.25, -0.2) is 4.98 Å². The lowest BCUT2D eigenvalue weighted by molar-refractivity contribution is 0.669. The monoisotopic (exact) mass is 814 g/mol. The van der Waals surface area contributed by atoms with Gasteiger partial charge in [-0.1, -0.05) is 160 Å². The zero-order valence-electron chi connectivity index (χ0n) is 34.1. The molecule has 13 aromatic rings. The summed E-state index contributed by atoms with van der Waals surface area (Å²) in [6.07, 6.45) is 1.25. The van der Waals surface area contributed by atoms with Gasteiger partial charge in [0.1, 0.15) is 11.2 Å². The van der Waals surface area contributed by atoms with E-state index in [-0.39, 0.29) is 0 Å². The Labute approximate surface area is 361 Å². The van der Waals surface area contributed by atoms with Crippen molar-refractivity contribution in [2.45, 2.75) is 20.3 Å². The standard InChI is InChI=1S/C53H30N4OS.C3H8/c1-2-12-33-28-35(21-20-31(33)10-1)51-54-52(36-23-25-41-40-15-6-8-19-45(40)58-46(41)29-36)56-53(55-51)57-44-18-7-5-14-39(44)42-17-9-16-38(50(42)57)34-22-26-43-48(30-34)59-47-27-24-32-11-3-4-13-37(32)49(43)47;1-3-2/h1-30H;3H2,1-2H3. The van der Waals surface area contributed by atoms with Crippen LogP contribution in [0.15, 0.2) is 186 Å². The molecule has 0 aliphatic heterocycles. The lowest BCUT2D eigenvalue weighted by atomic mass is 9.99. The predicted octanol–water partition coefficient (Wildman–Crippen LogP) is 16.0. The van der Waals surface area contributed by atoms with Crippen LogP contribution < -0.4 is 0 Å². The molecule has 294 valence electrons. The molecule has 0 fully saturated rings. The van der Waals surface area contributed by atoms with Crippen LogP contribution in [0.25, 0.3) is 125 Å². The summed E-state index contributed by atoms with van der Waals surface area (Å²) < 4.78 is 11.1. The van der Waals surface area contributed by atoms with E-state index in [2.05, 4.69) is 182 Å². The molecule has 4 heterocycles. The second-order valence-corrected chi connectivity index (χ2v) is 17.0. The maximum absolute atomic E-state index is 6.36. The van der Waals surface area contributed by atoms with Crippen LogP contribution in [0.5, 0.6) is 0 Å². The first-order chi connectivity index (χ1) is 30.6. The van der Waals surface area contributed by atoms with E-state index in [1.54, 1.807) is 0 Å². The van der Waals surface area contributed by atoms with E-state index in [9.17, 15) is 0 Å². The minimum absolute atomic E-state index is 0.552. The molecule has 13 rings (SSSR count). The highest BCUT2D eigenvalue weighted by molar-refractivity contribution is 7.26. The molecular weight excluding hydrogens is 777 g/mol. The lowest BCUT2D eigenvalue weighted by Crippen LogP contribution is -2.07. The Kier molecular flexibility index (Phi) is 8.47. The van der Waals surface area contributed by atoms with Crippen molar-refractivity contribution in [3.63, 3.8) is 0 Å². The summed E-state index contributed by atoms with van der Waals surface area (Å²) in [5.41, 5.74) is 7.75. The van der Waals surface area contributed by atoms with E-state index in [0.29, 0.717) is 17.6 Å². The SMILES string of the molecule is CCC.c1ccc2cc(-c3nc(-c4ccc5c(c4)oc4ccccc45)nc(-n4c5ccccc5c5cccc(-c6ccc7c(c6)sc6ccc8ccccc8c67)c54)n3)ccc2c1. The van der Waals surface area contributed by atoms with Gasteiger partial charge in [0.25, 0.3) is 0 Å². The first kappa shape index (κ1) is 36.2. The summed E-state index contributed by atoms with van der Waals surface area (Å²) in [6, 6.07) is 64.5. The Morgan fingerprint density at radius 1 is 0.452 bits per heavy atom. The highest BCUT2D eigenvalue weighted by Gasteiger charge is 2.22. The number of para-hydroxylation sites is 3. The van der Waals surface area contributed by atoms with Crippen molar-refractivity contribution in [1.29, 1.82) is 0 Å². The minimum atomic E-state index is 0.552. The van der Waals surface area contributed by atoms with Crippen LogP contribution in [0, 0.1) is 0 Å². The highest BCUT2D eigenvalue weighted by atomic mass is 32.1. The van der Waals surface area contributed by atoms with Gasteiger partial charge < -0.3 is 4.42 Å². The maximum Gasteiger partial charge on any atom is 0.238 e. The summed E-state index contributed by atoms with van der Waals surface area (Å²) in [5, 5.41) is 11.9. The van der Waals surface area contributed by atoms with Crippen molar-refractivity contribution in [2.24, 2.45) is 0 Å². The van der Waals surface area contributed by atoms with Gasteiger partial charge in [-0.2, -0.15) is 9.97 Å². The number of benzene rings is 9. The molecule has 0 saturated carbocycles. The number of aromatic nitrogens is 4. The molecule has 0 radical (unpaired) electrons. The molecule has 9 aromatic carbocycles. The third kappa shape index (κ3) is 5.79. The number of fused-ring (bicyclic) bond motifs is 12. The molecule has 0 N–H and O–H groups in total. The Hall–Kier alpha value is -7.67. The third-order valence-corrected chi connectivity index (χ3v) is 13.0. The quantitative estimate of drug-likeness (QED) is 0.178. The number of furan rings is 1. The smallest absolute Gasteiger partial charge is 0.238 e. The van der Waals surface area contributed by atoms with Crippen molar-refractivity contribution < 1.29 is 4.42 Å². The number of thiophene rings is 1. The van der Waals surface area contributed by atoms with Crippen LogP contribution in [-0.4, -0.2) is 19.5 Å². The molecule has 0 saturated heterocycles. The van der Waals surface area contributed by atoms with Crippen LogP contribution >= 0.6 is 11.3 Å². The summed E-state index contributed by atoms with van der Waals surface area (Å²) in [4.78, 5) is 15.9. The lowest BCUT2D eigenvalue weighted by Gasteiger charge is -2.13. The molecule has 0 atom stereocenters. The van der Waals surface area contributed by atoms with Crippen molar-refractivity contribution in [1.82, 2.24) is 19.5 Å². The number of hydrogen-bond acceptors (Lipinski definition) is 5. The van der Waals surface area contributed by atoms with Crippen LogP contribution in [0.4, 0.5) is 0 Å². The van der Waals surface area contributed by atoms with Gasteiger partial charge in [0.15, 0.2) is 11.6 Å². The van der Waals surface area contributed by atoms with E-state index in [4.69, 9.17) is 19.4 Å². The molecule has 0 aliphatic rings. The molecule has 0 amide bonds. The Morgan fingerprint density at radius 2 is 1.08 bits per heavy atom. The molecule has 0 bridgehead atoms. The molecule has 62 heavy (non-hydrogen) atoms. The van der Waals surface area contributed by atoms with E-state index in [1.807, 2.05) is 29.5 Å². The second-order valence-electron chi connectivity index (χ2n) is 15.9. The average molecular weight is 815 g/mol. The molecule has 4 aromatic heterocycles. The van der Waals surface area contributed by atoms with Crippen molar-refractivity contribution in [2.75, 3.05) is 0 Å². The summed E-state index contributed by atoms with van der Waals surface area (Å²) in [7, 11) is 0. The summed E-state index contributed by atoms with van der Waals surface area (Å²) in [6.45, 7) is 4.25. The van der Waals surface area contributed by atoms with Gasteiger partial charge in [0, 0.05) is 58.4 Å². The fourth-order valence-electron chi connectivity index (χ4n) is 9.09. The van der Waals surface area contributed by atoms with Gasteiger partial charge in [-0.05, 0) is 69.6 Å².